The van der Waals surface area contributed by atoms with Gasteiger partial charge < -0.3 is 0 Å². The monoisotopic (exact) mass is 400 g/mol. The molecule has 4 aromatic rings. The smallest absolute Gasteiger partial charge is 0.206 e. The van der Waals surface area contributed by atoms with Gasteiger partial charge >= 0.3 is 12.1 Å². The van der Waals surface area contributed by atoms with Crippen molar-refractivity contribution in [1.29, 1.82) is 0 Å². The highest BCUT2D eigenvalue weighted by Crippen LogP contribution is 2.40. The van der Waals surface area contributed by atoms with E-state index in [-0.39, 0.29) is 11.4 Å². The molecule has 0 aromatic carbocycles. The molecule has 0 saturated heterocycles. The number of fused-ring (bicyclic) bond motifs is 10. The van der Waals surface area contributed by atoms with Crippen molar-refractivity contribution in [1.82, 2.24) is 19.6 Å². The molecule has 0 bridgehead atoms. The van der Waals surface area contributed by atoms with Crippen LogP contribution in [0.1, 0.15) is 11.4 Å². The number of hydrogen-bond donors (Lipinski definition) is 0. The van der Waals surface area contributed by atoms with E-state index in [2.05, 4.69) is 10.2 Å². The summed E-state index contributed by atoms with van der Waals surface area (Å²) in [6.07, 6.45) is -1.38. The van der Waals surface area contributed by atoms with Crippen LogP contribution in [0.3, 0.4) is 0 Å². The summed E-state index contributed by atoms with van der Waals surface area (Å²) in [5.74, 6) is -1.95. The van der Waals surface area contributed by atoms with E-state index in [0.29, 0.717) is 5.69 Å². The van der Waals surface area contributed by atoms with E-state index in [1.54, 1.807) is 26.1 Å². The average molecular weight is 400 g/mol. The molecule has 1 unspecified atom stereocenters. The van der Waals surface area contributed by atoms with Gasteiger partial charge in [0.05, 0.1) is 5.69 Å². The van der Waals surface area contributed by atoms with Gasteiger partial charge in [0.1, 0.15) is 11.5 Å². The molecule has 144 valence electrons. The molecular weight excluding hydrogens is 388 g/mol. The molecule has 0 N–H and O–H groups in total. The van der Waals surface area contributed by atoms with Crippen LogP contribution in [0, 0.1) is 12.7 Å². The lowest BCUT2D eigenvalue weighted by Crippen LogP contribution is -2.77. The van der Waals surface area contributed by atoms with Gasteiger partial charge in [-0.1, -0.05) is 9.13 Å². The fourth-order valence-corrected chi connectivity index (χ4v) is 4.30. The van der Waals surface area contributed by atoms with Crippen molar-refractivity contribution in [3.8, 4) is 22.8 Å². The van der Waals surface area contributed by atoms with E-state index in [9.17, 15) is 17.6 Å². The Bertz CT molecular complexity index is 1330. The van der Waals surface area contributed by atoms with Crippen LogP contribution in [0.25, 0.3) is 22.8 Å². The lowest BCUT2D eigenvalue weighted by Gasteiger charge is -2.16. The number of halogens is 4. The summed E-state index contributed by atoms with van der Waals surface area (Å²) in [5.41, 5.74) is 1.57. The molecule has 2 aliphatic heterocycles. The highest BCUT2D eigenvalue weighted by Gasteiger charge is 2.70. The molecule has 10 heteroatoms. The van der Waals surface area contributed by atoms with E-state index >= 15 is 0 Å². The van der Waals surface area contributed by atoms with Crippen molar-refractivity contribution in [2.45, 2.75) is 19.0 Å². The van der Waals surface area contributed by atoms with Gasteiger partial charge in [-0.2, -0.15) is 23.4 Å². The van der Waals surface area contributed by atoms with Gasteiger partial charge in [-0.15, -0.1) is 9.36 Å². The van der Waals surface area contributed by atoms with Crippen molar-refractivity contribution in [3.05, 3.63) is 72.1 Å². The first-order chi connectivity index (χ1) is 13.8. The highest BCUT2D eigenvalue weighted by atomic mass is 19.4. The number of rotatable bonds is 0. The first kappa shape index (κ1) is 16.4. The maximum absolute atomic E-state index is 14.1. The van der Waals surface area contributed by atoms with Gasteiger partial charge in [-0.3, -0.25) is 0 Å². The topological polar surface area (TPSA) is 43.4 Å². The molecule has 6 nitrogen and oxygen atoms in total. The second kappa shape index (κ2) is 4.88. The van der Waals surface area contributed by atoms with Crippen LogP contribution in [-0.2, 0) is 12.1 Å². The SMILES string of the molecule is Cc1cc2n(n1)C1(n3nc(C(F)(F)F)cc3-c3cc(F)cc[n+]31)[n+]1ccccc1-2. The van der Waals surface area contributed by atoms with E-state index < -0.39 is 23.6 Å². The van der Waals surface area contributed by atoms with Gasteiger partial charge in [0.25, 0.3) is 0 Å². The van der Waals surface area contributed by atoms with E-state index in [0.717, 1.165) is 17.5 Å². The minimum Gasteiger partial charge on any atom is -0.206 e. The molecule has 0 radical (unpaired) electrons. The van der Waals surface area contributed by atoms with Crippen molar-refractivity contribution < 1.29 is 26.7 Å². The van der Waals surface area contributed by atoms with Crippen LogP contribution >= 0.6 is 0 Å². The Morgan fingerprint density at radius 1 is 0.897 bits per heavy atom. The summed E-state index contributed by atoms with van der Waals surface area (Å²) in [7, 11) is 0. The molecule has 2 aliphatic rings. The lowest BCUT2D eigenvalue weighted by atomic mass is 10.2. The Hall–Kier alpha value is -3.56. The molecule has 29 heavy (non-hydrogen) atoms. The molecule has 0 fully saturated rings. The summed E-state index contributed by atoms with van der Waals surface area (Å²) in [4.78, 5) is 0. The zero-order valence-corrected chi connectivity index (χ0v) is 14.9. The number of aryl methyl sites for hydroxylation is 1. The van der Waals surface area contributed by atoms with Gasteiger partial charge in [-0.05, 0) is 19.1 Å². The normalized spacial score (nSPS) is 18.7. The van der Waals surface area contributed by atoms with Crippen LogP contribution in [0.2, 0.25) is 0 Å². The summed E-state index contributed by atoms with van der Waals surface area (Å²) >= 11 is 0. The lowest BCUT2D eigenvalue weighted by molar-refractivity contribution is -0.990. The Morgan fingerprint density at radius 3 is 2.41 bits per heavy atom. The quantitative estimate of drug-likeness (QED) is 0.290. The number of aromatic nitrogens is 6. The summed E-state index contributed by atoms with van der Waals surface area (Å²) in [6.45, 7) is 1.81. The molecular formula is C19H12F4N6+2. The van der Waals surface area contributed by atoms with E-state index in [4.69, 9.17) is 0 Å². The molecule has 4 aromatic heterocycles. The fourth-order valence-electron chi connectivity index (χ4n) is 4.30. The fraction of sp³-hybridized carbons (Fsp3) is 0.158. The molecule has 6 rings (SSSR count). The summed E-state index contributed by atoms with van der Waals surface area (Å²) < 4.78 is 60.9. The standard InChI is InChI=1S/C19H12F4N6/c1-11-8-15-13-4-2-3-6-26(13)19(28(15)24-11)27-7-5-12(20)9-14(27)16-10-17(18(21,22)23)25-29(16)19/h2-10H,1H3/q+2. The Kier molecular flexibility index (Phi) is 2.76. The number of pyridine rings is 2. The number of hydrogen-bond acceptors (Lipinski definition) is 2. The third-order valence-corrected chi connectivity index (χ3v) is 5.35. The van der Waals surface area contributed by atoms with Crippen LogP contribution in [0.4, 0.5) is 17.6 Å². The molecule has 0 amide bonds. The van der Waals surface area contributed by atoms with Gasteiger partial charge in [-0.25, -0.2) is 4.39 Å². The molecule has 6 heterocycles. The number of nitrogens with zero attached hydrogens (tertiary/aromatic N) is 6. The third-order valence-electron chi connectivity index (χ3n) is 5.35. The number of alkyl halides is 3. The second-order valence-corrected chi connectivity index (χ2v) is 7.06. The summed E-state index contributed by atoms with van der Waals surface area (Å²) in [5, 5.41) is 8.49. The summed E-state index contributed by atoms with van der Waals surface area (Å²) in [6, 6.07) is 10.7. The minimum absolute atomic E-state index is 0.153. The molecule has 0 aliphatic carbocycles. The van der Waals surface area contributed by atoms with Gasteiger partial charge in [0.2, 0.25) is 11.4 Å². The maximum atomic E-state index is 14.1. The van der Waals surface area contributed by atoms with Crippen LogP contribution in [0.15, 0.2) is 54.9 Å². The molecule has 1 atom stereocenters. The van der Waals surface area contributed by atoms with Crippen LogP contribution < -0.4 is 9.13 Å². The second-order valence-electron chi connectivity index (χ2n) is 7.06. The first-order valence-corrected chi connectivity index (χ1v) is 8.80. The van der Waals surface area contributed by atoms with E-state index in [1.165, 1.54) is 23.0 Å². The largest absolute Gasteiger partial charge is 0.583 e. The predicted octanol–water partition coefficient (Wildman–Crippen LogP) is 2.29. The zero-order valence-electron chi connectivity index (χ0n) is 14.9. The Balaban J connectivity index is 1.81. The average Bonchev–Trinajstić information content (AvgIpc) is 3.37. The predicted molar refractivity (Wildman–Crippen MR) is 89.6 cm³/mol. The van der Waals surface area contributed by atoms with Crippen molar-refractivity contribution in [2.24, 2.45) is 0 Å². The van der Waals surface area contributed by atoms with Crippen LogP contribution in [0.5, 0.6) is 0 Å². The Morgan fingerprint density at radius 2 is 1.62 bits per heavy atom. The minimum atomic E-state index is -4.64. The van der Waals surface area contributed by atoms with Crippen molar-refractivity contribution >= 4 is 0 Å². The molecule has 1 spiro atoms. The highest BCUT2D eigenvalue weighted by molar-refractivity contribution is 5.58. The van der Waals surface area contributed by atoms with Crippen molar-refractivity contribution in [3.63, 3.8) is 0 Å². The van der Waals surface area contributed by atoms with Crippen molar-refractivity contribution in [2.75, 3.05) is 0 Å². The Labute approximate surface area is 160 Å². The van der Waals surface area contributed by atoms with Gasteiger partial charge in [0.15, 0.2) is 23.8 Å². The van der Waals surface area contributed by atoms with Crippen LogP contribution in [-0.4, -0.2) is 19.6 Å². The van der Waals surface area contributed by atoms with Gasteiger partial charge in [0, 0.05) is 30.3 Å². The molecule has 0 saturated carbocycles. The van der Waals surface area contributed by atoms with E-state index in [1.807, 2.05) is 25.1 Å². The maximum Gasteiger partial charge on any atom is 0.583 e. The third kappa shape index (κ3) is 1.81. The zero-order chi connectivity index (χ0) is 20.1. The first-order valence-electron chi connectivity index (χ1n) is 8.80.